The van der Waals surface area contributed by atoms with E-state index in [4.69, 9.17) is 43.0 Å². The third-order valence-corrected chi connectivity index (χ3v) is 11.5. The Balaban J connectivity index is 1.21. The van der Waals surface area contributed by atoms with Gasteiger partial charge in [-0.2, -0.15) is 0 Å². The van der Waals surface area contributed by atoms with Crippen LogP contribution in [0.5, 0.6) is 11.5 Å². The number of benzene rings is 4. The van der Waals surface area contributed by atoms with Crippen LogP contribution in [0, 0.1) is 12.3 Å². The average molecular weight is 798 g/mol. The Hall–Kier alpha value is -4.15. The molecule has 8 N–H and O–H groups in total. The van der Waals surface area contributed by atoms with E-state index in [0.717, 1.165) is 0 Å². The number of aromatic hydroxyl groups is 1. The van der Waals surface area contributed by atoms with Gasteiger partial charge in [0.1, 0.15) is 65.7 Å². The maximum Gasteiger partial charge on any atom is 0.344 e. The van der Waals surface area contributed by atoms with Crippen LogP contribution in [0.15, 0.2) is 44.3 Å². The molecule has 0 aliphatic carbocycles. The molecule has 0 radical (unpaired) electrons. The van der Waals surface area contributed by atoms with Crippen molar-refractivity contribution in [2.45, 2.75) is 120 Å². The van der Waals surface area contributed by atoms with E-state index in [2.05, 4.69) is 0 Å². The Labute approximate surface area is 322 Å². The van der Waals surface area contributed by atoms with Gasteiger partial charge in [0.05, 0.1) is 34.5 Å². The molecule has 0 amide bonds. The SMILES string of the molecule is CO[C@H]1[C@@H](O)[C@@H](C)O[C@H](O[C@H]2[C@@H](O[C@H]3[C@H](Oc4cccc5c(O)c6c(=N)c(=O)c7ccc(C)c8c(=O)oc(c45)c6c78)O[C@H](C)[C@H](O)[C@@H]3O)O[C@@H](C)[C@H](O)[C@@H]2O)[C@@H]1O. The van der Waals surface area contributed by atoms with Crippen LogP contribution in [0.25, 0.3) is 43.3 Å². The molecule has 306 valence electrons. The highest BCUT2D eigenvalue weighted by molar-refractivity contribution is 6.29. The van der Waals surface area contributed by atoms with Gasteiger partial charge in [0.15, 0.2) is 24.3 Å². The van der Waals surface area contributed by atoms with Crippen LogP contribution in [-0.4, -0.2) is 135 Å². The molecule has 4 heterocycles. The van der Waals surface area contributed by atoms with Gasteiger partial charge in [-0.05, 0) is 39.3 Å². The normalized spacial score (nSPS) is 36.4. The number of phenols is 1. The smallest absolute Gasteiger partial charge is 0.344 e. The highest BCUT2D eigenvalue weighted by atomic mass is 16.8. The fraction of sp³-hybridized carbons (Fsp3) is 0.513. The molecule has 1 aromatic heterocycles. The van der Waals surface area contributed by atoms with Crippen LogP contribution in [0.1, 0.15) is 26.3 Å². The quantitative estimate of drug-likeness (QED) is 0.0588. The van der Waals surface area contributed by atoms with Crippen LogP contribution in [0.2, 0.25) is 0 Å². The monoisotopic (exact) mass is 797 g/mol. The van der Waals surface area contributed by atoms with Gasteiger partial charge in [-0.25, -0.2) is 4.79 Å². The molecule has 0 unspecified atom stereocenters. The minimum atomic E-state index is -1.75. The van der Waals surface area contributed by atoms with E-state index in [1.165, 1.54) is 52.1 Å². The van der Waals surface area contributed by atoms with E-state index in [9.17, 15) is 45.3 Å². The number of phenolic OH excluding ortho intramolecular Hbond substituents is 1. The van der Waals surface area contributed by atoms with Crippen LogP contribution < -0.4 is 21.1 Å². The number of methoxy groups -OCH3 is 1. The van der Waals surface area contributed by atoms with Gasteiger partial charge in [0, 0.05) is 28.7 Å². The first kappa shape index (κ1) is 39.7. The molecule has 5 aromatic rings. The van der Waals surface area contributed by atoms with Crippen LogP contribution in [0.4, 0.5) is 0 Å². The fourth-order valence-corrected chi connectivity index (χ4v) is 8.27. The topological polar surface area (TPSA) is 277 Å². The van der Waals surface area contributed by atoms with Crippen molar-refractivity contribution < 1.29 is 73.3 Å². The highest BCUT2D eigenvalue weighted by Gasteiger charge is 2.53. The summed E-state index contributed by atoms with van der Waals surface area (Å²) in [6.45, 7) is 6.09. The van der Waals surface area contributed by atoms with Crippen molar-refractivity contribution in [2.75, 3.05) is 7.11 Å². The first-order valence-electron chi connectivity index (χ1n) is 18.4. The Kier molecular flexibility index (Phi) is 10.2. The summed E-state index contributed by atoms with van der Waals surface area (Å²) in [6.07, 6.45) is -21.6. The number of hydrogen-bond donors (Lipinski definition) is 8. The molecule has 15 atom stereocenters. The summed E-state index contributed by atoms with van der Waals surface area (Å²) in [6, 6.07) is 7.50. The lowest BCUT2D eigenvalue weighted by Gasteiger charge is -2.48. The molecule has 18 heteroatoms. The van der Waals surface area contributed by atoms with Crippen molar-refractivity contribution in [1.82, 2.24) is 0 Å². The third-order valence-electron chi connectivity index (χ3n) is 11.5. The van der Waals surface area contributed by atoms with Crippen molar-refractivity contribution in [3.63, 3.8) is 0 Å². The van der Waals surface area contributed by atoms with Gasteiger partial charge in [-0.15, -0.1) is 0 Å². The van der Waals surface area contributed by atoms with Crippen molar-refractivity contribution in [3.05, 3.63) is 61.9 Å². The number of hydrogen-bond acceptors (Lipinski definition) is 18. The van der Waals surface area contributed by atoms with Gasteiger partial charge < -0.3 is 73.3 Å². The molecule has 3 saturated heterocycles. The van der Waals surface area contributed by atoms with Gasteiger partial charge in [-0.3, -0.25) is 10.2 Å². The van der Waals surface area contributed by atoms with Crippen LogP contribution in [-0.2, 0) is 28.4 Å². The van der Waals surface area contributed by atoms with E-state index >= 15 is 0 Å². The Morgan fingerprint density at radius 1 is 0.632 bits per heavy atom. The van der Waals surface area contributed by atoms with Crippen molar-refractivity contribution in [1.29, 1.82) is 5.41 Å². The van der Waals surface area contributed by atoms with Crippen molar-refractivity contribution in [2.24, 2.45) is 0 Å². The number of nitrogens with one attached hydrogen (secondary N) is 1. The van der Waals surface area contributed by atoms with E-state index in [1.54, 1.807) is 13.0 Å². The summed E-state index contributed by atoms with van der Waals surface area (Å²) < 4.78 is 47.4. The molecule has 0 bridgehead atoms. The standard InChI is InChI=1S/C39H43NO17/c1-11-9-10-16-20-18(11)36(49)55-32-19-15(27(44)22(21(20)32)23(40)28(16)45)7-6-8-17(19)54-38-34(29(46)24(41)12(2)52-38)57-39-35(30(47)25(42)13(3)53-39)56-37-31(48)33(50-5)26(43)14(4)51-37/h6-10,12-14,24-26,29-31,33-35,37-44,46-48H,1-5H3/t12-,13+,14-,24+,25+,26+,29+,30+,31-,33+,34-,35-,37-,38+,39-/m1/s1. The van der Waals surface area contributed by atoms with E-state index < -0.39 is 114 Å². The Morgan fingerprint density at radius 2 is 1.23 bits per heavy atom. The Bertz CT molecular complexity index is 2500. The number of aliphatic hydroxyl groups is 6. The van der Waals surface area contributed by atoms with Crippen LogP contribution in [0.3, 0.4) is 0 Å². The second-order valence-corrected chi connectivity index (χ2v) is 15.0. The second kappa shape index (κ2) is 14.6. The lowest BCUT2D eigenvalue weighted by atomic mass is 9.92. The van der Waals surface area contributed by atoms with Crippen molar-refractivity contribution in [3.8, 4) is 11.5 Å². The zero-order chi connectivity index (χ0) is 40.9. The zero-order valence-corrected chi connectivity index (χ0v) is 31.3. The summed E-state index contributed by atoms with van der Waals surface area (Å²) >= 11 is 0. The molecule has 3 aliphatic rings. The molecule has 3 fully saturated rings. The summed E-state index contributed by atoms with van der Waals surface area (Å²) in [7, 11) is 1.27. The summed E-state index contributed by atoms with van der Waals surface area (Å²) in [5.41, 5.74) is -1.07. The average Bonchev–Trinajstić information content (AvgIpc) is 3.17. The third kappa shape index (κ3) is 6.14. The lowest BCUT2D eigenvalue weighted by Crippen LogP contribution is -2.66. The minimum Gasteiger partial charge on any atom is -0.507 e. The first-order valence-corrected chi connectivity index (χ1v) is 18.4. The largest absolute Gasteiger partial charge is 0.507 e. The predicted molar refractivity (Wildman–Crippen MR) is 196 cm³/mol. The number of ether oxygens (including phenoxy) is 7. The molecular formula is C39H43NO17. The maximum absolute atomic E-state index is 13.6. The van der Waals surface area contributed by atoms with Gasteiger partial charge >= 0.3 is 5.63 Å². The molecule has 4 aromatic carbocycles. The summed E-state index contributed by atoms with van der Waals surface area (Å²) in [5, 5.41) is 86.3. The number of rotatable bonds is 7. The predicted octanol–water partition coefficient (Wildman–Crippen LogP) is -0.454. The molecule has 57 heavy (non-hydrogen) atoms. The van der Waals surface area contributed by atoms with E-state index in [0.29, 0.717) is 5.56 Å². The summed E-state index contributed by atoms with van der Waals surface area (Å²) in [4.78, 5) is 27.0. The van der Waals surface area contributed by atoms with E-state index in [1.807, 2.05) is 0 Å². The molecule has 0 spiro atoms. The molecule has 8 rings (SSSR count). The number of aliphatic hydroxyl groups excluding tert-OH is 6. The number of aryl methyl sites for hydroxylation is 1. The molecular weight excluding hydrogens is 754 g/mol. The van der Waals surface area contributed by atoms with Gasteiger partial charge in [0.2, 0.25) is 11.7 Å². The first-order chi connectivity index (χ1) is 27.0. The highest BCUT2D eigenvalue weighted by Crippen LogP contribution is 2.45. The van der Waals surface area contributed by atoms with E-state index in [-0.39, 0.29) is 49.0 Å². The fourth-order valence-electron chi connectivity index (χ4n) is 8.27. The zero-order valence-electron chi connectivity index (χ0n) is 31.3. The molecule has 18 nitrogen and oxygen atoms in total. The molecule has 3 aliphatic heterocycles. The van der Waals surface area contributed by atoms with Gasteiger partial charge in [0.25, 0.3) is 0 Å². The van der Waals surface area contributed by atoms with Crippen molar-refractivity contribution >= 4 is 43.3 Å². The maximum atomic E-state index is 13.6. The number of fused-ring (bicyclic) bond motifs is 2. The van der Waals surface area contributed by atoms with Gasteiger partial charge in [-0.1, -0.05) is 24.3 Å². The summed E-state index contributed by atoms with van der Waals surface area (Å²) in [5.74, 6) is -0.520. The molecule has 0 saturated carbocycles. The second-order valence-electron chi connectivity index (χ2n) is 15.0. The van der Waals surface area contributed by atoms with Crippen LogP contribution >= 0.6 is 0 Å². The minimum absolute atomic E-state index is 0.0443. The lowest BCUT2D eigenvalue weighted by molar-refractivity contribution is -0.384. The Morgan fingerprint density at radius 3 is 1.89 bits per heavy atom.